The van der Waals surface area contributed by atoms with Crippen LogP contribution in [-0.2, 0) is 6.54 Å². The summed E-state index contributed by atoms with van der Waals surface area (Å²) < 4.78 is 0. The van der Waals surface area contributed by atoms with Gasteiger partial charge in [0.15, 0.2) is 0 Å². The smallest absolute Gasteiger partial charge is 0.0795 e. The second-order valence-electron chi connectivity index (χ2n) is 4.51. The quantitative estimate of drug-likeness (QED) is 0.793. The molecule has 0 amide bonds. The van der Waals surface area contributed by atoms with E-state index in [0.29, 0.717) is 12.0 Å². The van der Waals surface area contributed by atoms with Crippen LogP contribution in [0.1, 0.15) is 26.5 Å². The molecular weight excluding hydrogens is 218 g/mol. The molecule has 1 N–H and O–H groups in total. The van der Waals surface area contributed by atoms with E-state index in [1.807, 2.05) is 5.51 Å². The lowest BCUT2D eigenvalue weighted by molar-refractivity contribution is 0.179. The molecule has 1 atom stereocenters. The lowest BCUT2D eigenvalue weighted by atomic mass is 10.0. The summed E-state index contributed by atoms with van der Waals surface area (Å²) >= 11 is 1.67. The molecule has 0 aliphatic heterocycles. The molecule has 1 aromatic heterocycles. The van der Waals surface area contributed by atoms with Crippen LogP contribution in [0.4, 0.5) is 0 Å². The topological polar surface area (TPSA) is 28.2 Å². The van der Waals surface area contributed by atoms with E-state index in [0.717, 1.165) is 19.6 Å². The van der Waals surface area contributed by atoms with Gasteiger partial charge in [0.2, 0.25) is 0 Å². The number of aromatic nitrogens is 1. The Morgan fingerprint density at radius 3 is 2.75 bits per heavy atom. The van der Waals surface area contributed by atoms with E-state index in [-0.39, 0.29) is 0 Å². The van der Waals surface area contributed by atoms with Crippen molar-refractivity contribution in [1.82, 2.24) is 15.2 Å². The summed E-state index contributed by atoms with van der Waals surface area (Å²) in [6.07, 6.45) is 0. The molecular formula is C12H23N3S. The third-order valence-electron chi connectivity index (χ3n) is 2.83. The van der Waals surface area contributed by atoms with Crippen molar-refractivity contribution < 1.29 is 0 Å². The minimum Gasteiger partial charge on any atom is -0.315 e. The first-order valence-electron chi connectivity index (χ1n) is 5.93. The largest absolute Gasteiger partial charge is 0.315 e. The number of thiazole rings is 1. The maximum atomic E-state index is 4.33. The van der Waals surface area contributed by atoms with Crippen LogP contribution in [0.15, 0.2) is 10.9 Å². The molecule has 1 heterocycles. The standard InChI is InChI=1S/C12H23N3S/c1-5-13-6-12(10(2)3)15(4)7-11-8-16-9-14-11/h8-10,12-13H,5-7H2,1-4H3. The molecule has 0 radical (unpaired) electrons. The Bertz CT molecular complexity index is 272. The van der Waals surface area contributed by atoms with Gasteiger partial charge in [0.05, 0.1) is 11.2 Å². The summed E-state index contributed by atoms with van der Waals surface area (Å²) in [5.41, 5.74) is 3.08. The van der Waals surface area contributed by atoms with E-state index in [9.17, 15) is 0 Å². The van der Waals surface area contributed by atoms with Crippen LogP contribution in [-0.4, -0.2) is 36.1 Å². The Morgan fingerprint density at radius 2 is 2.25 bits per heavy atom. The predicted octanol–water partition coefficient (Wildman–Crippen LogP) is 2.21. The van der Waals surface area contributed by atoms with Crippen molar-refractivity contribution in [2.75, 3.05) is 20.1 Å². The first-order chi connectivity index (χ1) is 7.65. The highest BCUT2D eigenvalue weighted by Gasteiger charge is 2.18. The van der Waals surface area contributed by atoms with Gasteiger partial charge in [-0.05, 0) is 19.5 Å². The van der Waals surface area contributed by atoms with Crippen molar-refractivity contribution in [2.24, 2.45) is 5.92 Å². The van der Waals surface area contributed by atoms with Gasteiger partial charge in [-0.2, -0.15) is 0 Å². The van der Waals surface area contributed by atoms with Gasteiger partial charge in [-0.15, -0.1) is 11.3 Å². The van der Waals surface area contributed by atoms with Gasteiger partial charge in [-0.3, -0.25) is 4.90 Å². The number of hydrogen-bond acceptors (Lipinski definition) is 4. The molecule has 1 rings (SSSR count). The van der Waals surface area contributed by atoms with Crippen molar-refractivity contribution in [3.8, 4) is 0 Å². The molecule has 0 saturated carbocycles. The lowest BCUT2D eigenvalue weighted by Gasteiger charge is -2.31. The lowest BCUT2D eigenvalue weighted by Crippen LogP contribution is -2.43. The van der Waals surface area contributed by atoms with E-state index in [4.69, 9.17) is 0 Å². The molecule has 3 nitrogen and oxygen atoms in total. The fourth-order valence-corrected chi connectivity index (χ4v) is 2.43. The monoisotopic (exact) mass is 241 g/mol. The van der Waals surface area contributed by atoms with Gasteiger partial charge in [0, 0.05) is 24.5 Å². The van der Waals surface area contributed by atoms with Gasteiger partial charge < -0.3 is 5.32 Å². The molecule has 0 aliphatic carbocycles. The van der Waals surface area contributed by atoms with Crippen LogP contribution < -0.4 is 5.32 Å². The van der Waals surface area contributed by atoms with Crippen molar-refractivity contribution in [2.45, 2.75) is 33.4 Å². The van der Waals surface area contributed by atoms with Crippen molar-refractivity contribution in [3.05, 3.63) is 16.6 Å². The molecule has 0 fully saturated rings. The van der Waals surface area contributed by atoms with E-state index in [1.54, 1.807) is 11.3 Å². The van der Waals surface area contributed by atoms with Gasteiger partial charge in [-0.1, -0.05) is 20.8 Å². The third kappa shape index (κ3) is 4.20. The molecule has 0 aliphatic rings. The van der Waals surface area contributed by atoms with Crippen molar-refractivity contribution >= 4 is 11.3 Å². The van der Waals surface area contributed by atoms with E-state index in [1.165, 1.54) is 5.69 Å². The van der Waals surface area contributed by atoms with Crippen molar-refractivity contribution in [3.63, 3.8) is 0 Å². The maximum absolute atomic E-state index is 4.33. The van der Waals surface area contributed by atoms with E-state index < -0.39 is 0 Å². The molecule has 4 heteroatoms. The SMILES string of the molecule is CCNCC(C(C)C)N(C)Cc1cscn1. The van der Waals surface area contributed by atoms with Gasteiger partial charge in [-0.25, -0.2) is 4.98 Å². The van der Waals surface area contributed by atoms with Crippen LogP contribution in [0.5, 0.6) is 0 Å². The molecule has 92 valence electrons. The molecule has 1 aromatic rings. The minimum absolute atomic E-state index is 0.571. The normalized spacial score (nSPS) is 13.6. The van der Waals surface area contributed by atoms with Crippen molar-refractivity contribution in [1.29, 1.82) is 0 Å². The highest BCUT2D eigenvalue weighted by molar-refractivity contribution is 7.07. The zero-order valence-corrected chi connectivity index (χ0v) is 11.5. The minimum atomic E-state index is 0.571. The van der Waals surface area contributed by atoms with Crippen LogP contribution in [0.2, 0.25) is 0 Å². The molecule has 0 spiro atoms. The molecule has 16 heavy (non-hydrogen) atoms. The predicted molar refractivity (Wildman–Crippen MR) is 70.8 cm³/mol. The zero-order chi connectivity index (χ0) is 12.0. The number of nitrogens with zero attached hydrogens (tertiary/aromatic N) is 2. The summed E-state index contributed by atoms with van der Waals surface area (Å²) in [7, 11) is 2.18. The van der Waals surface area contributed by atoms with Gasteiger partial charge in [0.1, 0.15) is 0 Å². The van der Waals surface area contributed by atoms with Gasteiger partial charge >= 0.3 is 0 Å². The number of likely N-dealkylation sites (N-methyl/N-ethyl adjacent to an activating group) is 2. The van der Waals surface area contributed by atoms with E-state index in [2.05, 4.69) is 48.4 Å². The fourth-order valence-electron chi connectivity index (χ4n) is 1.88. The summed E-state index contributed by atoms with van der Waals surface area (Å²) in [4.78, 5) is 6.73. The Hall–Kier alpha value is -0.450. The van der Waals surface area contributed by atoms with E-state index >= 15 is 0 Å². The average Bonchev–Trinajstić information content (AvgIpc) is 2.70. The Morgan fingerprint density at radius 1 is 1.50 bits per heavy atom. The zero-order valence-electron chi connectivity index (χ0n) is 10.7. The van der Waals surface area contributed by atoms with Crippen LogP contribution >= 0.6 is 11.3 Å². The number of rotatable bonds is 7. The molecule has 0 aromatic carbocycles. The number of nitrogens with one attached hydrogen (secondary N) is 1. The molecule has 0 saturated heterocycles. The Balaban J connectivity index is 2.49. The van der Waals surface area contributed by atoms with Gasteiger partial charge in [0.25, 0.3) is 0 Å². The average molecular weight is 241 g/mol. The molecule has 0 bridgehead atoms. The first-order valence-corrected chi connectivity index (χ1v) is 6.87. The molecule has 1 unspecified atom stereocenters. The Labute approximate surface area is 103 Å². The van der Waals surface area contributed by atoms with Crippen LogP contribution in [0.3, 0.4) is 0 Å². The number of hydrogen-bond donors (Lipinski definition) is 1. The van der Waals surface area contributed by atoms with Crippen LogP contribution in [0.25, 0.3) is 0 Å². The second-order valence-corrected chi connectivity index (χ2v) is 5.23. The van der Waals surface area contributed by atoms with Crippen LogP contribution in [0, 0.1) is 5.92 Å². The fraction of sp³-hybridized carbons (Fsp3) is 0.750. The summed E-state index contributed by atoms with van der Waals surface area (Å²) in [5, 5.41) is 5.56. The second kappa shape index (κ2) is 6.99. The summed E-state index contributed by atoms with van der Waals surface area (Å²) in [5.74, 6) is 0.655. The highest BCUT2D eigenvalue weighted by Crippen LogP contribution is 2.12. The first kappa shape index (κ1) is 13.6. The Kier molecular flexibility index (Phi) is 5.95. The summed E-state index contributed by atoms with van der Waals surface area (Å²) in [6.45, 7) is 9.73. The highest BCUT2D eigenvalue weighted by atomic mass is 32.1. The third-order valence-corrected chi connectivity index (χ3v) is 3.47. The summed E-state index contributed by atoms with van der Waals surface area (Å²) in [6, 6.07) is 0.571. The maximum Gasteiger partial charge on any atom is 0.0795 e.